The first-order valence-electron chi connectivity index (χ1n) is 3.89. The molecule has 0 spiro atoms. The minimum absolute atomic E-state index is 1.17. The van der Waals surface area contributed by atoms with E-state index < -0.39 is 0 Å². The molecule has 0 unspecified atom stereocenters. The van der Waals surface area contributed by atoms with Crippen molar-refractivity contribution in [2.75, 3.05) is 6.26 Å². The number of hydrogen-bond acceptors (Lipinski definition) is 3. The van der Waals surface area contributed by atoms with E-state index >= 15 is 0 Å². The largest absolute Gasteiger partial charge is 0.133 e. The van der Waals surface area contributed by atoms with Gasteiger partial charge in [-0.15, -0.1) is 34.4 Å². The third-order valence-corrected chi connectivity index (χ3v) is 5.26. The second-order valence-electron chi connectivity index (χ2n) is 2.53. The van der Waals surface area contributed by atoms with Crippen molar-refractivity contribution in [1.29, 1.82) is 0 Å². The summed E-state index contributed by atoms with van der Waals surface area (Å²) in [7, 11) is 0. The van der Waals surface area contributed by atoms with Gasteiger partial charge in [-0.25, -0.2) is 0 Å². The zero-order valence-electron chi connectivity index (χ0n) is 7.09. The third kappa shape index (κ3) is 1.20. The SMILES string of the molecule is CCc1sc2sccc2c1SC. The maximum absolute atomic E-state index is 2.24. The lowest BCUT2D eigenvalue weighted by atomic mass is 10.3. The van der Waals surface area contributed by atoms with Gasteiger partial charge >= 0.3 is 0 Å². The van der Waals surface area contributed by atoms with Crippen molar-refractivity contribution in [2.24, 2.45) is 0 Å². The van der Waals surface area contributed by atoms with Crippen LogP contribution in [0.1, 0.15) is 11.8 Å². The molecule has 3 heteroatoms. The molecular weight excluding hydrogens is 204 g/mol. The number of thioether (sulfide) groups is 1. The molecule has 2 aromatic rings. The molecule has 0 nitrogen and oxygen atoms in total. The van der Waals surface area contributed by atoms with E-state index in [1.807, 2.05) is 34.4 Å². The monoisotopic (exact) mass is 214 g/mol. The van der Waals surface area contributed by atoms with E-state index in [0.717, 1.165) is 0 Å². The maximum atomic E-state index is 2.24. The fraction of sp³-hybridized carbons (Fsp3) is 0.333. The summed E-state index contributed by atoms with van der Waals surface area (Å²) in [5.74, 6) is 0. The topological polar surface area (TPSA) is 0 Å². The van der Waals surface area contributed by atoms with Gasteiger partial charge in [0.05, 0.1) is 4.01 Å². The van der Waals surface area contributed by atoms with Crippen LogP contribution < -0.4 is 0 Å². The van der Waals surface area contributed by atoms with Crippen LogP contribution in [-0.4, -0.2) is 6.26 Å². The van der Waals surface area contributed by atoms with Gasteiger partial charge in [0.15, 0.2) is 0 Å². The van der Waals surface area contributed by atoms with E-state index in [-0.39, 0.29) is 0 Å². The highest BCUT2D eigenvalue weighted by atomic mass is 32.2. The molecule has 0 aliphatic rings. The Morgan fingerprint density at radius 3 is 3.00 bits per heavy atom. The van der Waals surface area contributed by atoms with Crippen LogP contribution >= 0.6 is 34.4 Å². The zero-order chi connectivity index (χ0) is 8.55. The smallest absolute Gasteiger partial charge is 0.0879 e. The summed E-state index contributed by atoms with van der Waals surface area (Å²) in [5, 5.41) is 3.65. The van der Waals surface area contributed by atoms with Crippen LogP contribution in [0.2, 0.25) is 0 Å². The fourth-order valence-electron chi connectivity index (χ4n) is 1.31. The van der Waals surface area contributed by atoms with Gasteiger partial charge in [0.1, 0.15) is 0 Å². The molecule has 0 fully saturated rings. The number of rotatable bonds is 2. The molecule has 2 aromatic heterocycles. The lowest BCUT2D eigenvalue weighted by molar-refractivity contribution is 1.15. The summed E-state index contributed by atoms with van der Waals surface area (Å²) in [5.41, 5.74) is 0. The highest BCUT2D eigenvalue weighted by Crippen LogP contribution is 2.40. The first-order chi connectivity index (χ1) is 5.86. The molecule has 0 aliphatic heterocycles. The van der Waals surface area contributed by atoms with Crippen molar-refractivity contribution in [1.82, 2.24) is 0 Å². The molecule has 0 radical (unpaired) electrons. The van der Waals surface area contributed by atoms with Crippen LogP contribution in [0, 0.1) is 0 Å². The van der Waals surface area contributed by atoms with Gasteiger partial charge in [0.2, 0.25) is 0 Å². The molecule has 0 N–H and O–H groups in total. The van der Waals surface area contributed by atoms with Crippen molar-refractivity contribution in [2.45, 2.75) is 18.2 Å². The Kier molecular flexibility index (Phi) is 2.44. The van der Waals surface area contributed by atoms with Gasteiger partial charge in [0.25, 0.3) is 0 Å². The number of thiophene rings is 2. The summed E-state index contributed by atoms with van der Waals surface area (Å²) in [6.07, 6.45) is 3.33. The molecule has 0 aliphatic carbocycles. The van der Waals surface area contributed by atoms with Gasteiger partial charge in [0, 0.05) is 15.2 Å². The van der Waals surface area contributed by atoms with Crippen molar-refractivity contribution >= 4 is 43.8 Å². The first kappa shape index (κ1) is 8.60. The quantitative estimate of drug-likeness (QED) is 0.674. The minimum atomic E-state index is 1.17. The standard InChI is InChI=1S/C9H10S3/c1-3-7-8(10-2)6-4-5-11-9(6)12-7/h4-5H,3H2,1-2H3. The predicted octanol–water partition coefficient (Wildman–Crippen LogP) is 4.25. The van der Waals surface area contributed by atoms with Gasteiger partial charge < -0.3 is 0 Å². The average molecular weight is 214 g/mol. The van der Waals surface area contributed by atoms with Crippen molar-refractivity contribution < 1.29 is 0 Å². The molecule has 64 valence electrons. The van der Waals surface area contributed by atoms with E-state index in [4.69, 9.17) is 0 Å². The number of fused-ring (bicyclic) bond motifs is 1. The van der Waals surface area contributed by atoms with Crippen molar-refractivity contribution in [3.05, 3.63) is 16.3 Å². The van der Waals surface area contributed by atoms with Crippen LogP contribution in [0.25, 0.3) is 9.40 Å². The molecule has 0 saturated carbocycles. The van der Waals surface area contributed by atoms with E-state index in [2.05, 4.69) is 24.6 Å². The summed E-state index contributed by atoms with van der Waals surface area (Å²) in [6.45, 7) is 2.23. The molecular formula is C9H10S3. The molecule has 0 atom stereocenters. The lowest BCUT2D eigenvalue weighted by Gasteiger charge is -1.94. The average Bonchev–Trinajstić information content (AvgIpc) is 2.61. The predicted molar refractivity (Wildman–Crippen MR) is 60.9 cm³/mol. The third-order valence-electron chi connectivity index (χ3n) is 1.87. The van der Waals surface area contributed by atoms with Crippen molar-refractivity contribution in [3.8, 4) is 0 Å². The van der Waals surface area contributed by atoms with E-state index in [1.165, 1.54) is 20.7 Å². The lowest BCUT2D eigenvalue weighted by Crippen LogP contribution is -1.74. The molecule has 2 rings (SSSR count). The van der Waals surface area contributed by atoms with Crippen LogP contribution in [0.15, 0.2) is 16.3 Å². The van der Waals surface area contributed by atoms with Crippen LogP contribution in [0.3, 0.4) is 0 Å². The second-order valence-corrected chi connectivity index (χ2v) is 5.63. The normalized spacial score (nSPS) is 11.2. The van der Waals surface area contributed by atoms with E-state index in [0.29, 0.717) is 0 Å². The summed E-state index contributed by atoms with van der Waals surface area (Å²) < 4.78 is 1.48. The van der Waals surface area contributed by atoms with Crippen molar-refractivity contribution in [3.63, 3.8) is 0 Å². The Balaban J connectivity index is 2.70. The van der Waals surface area contributed by atoms with Crippen LogP contribution in [0.4, 0.5) is 0 Å². The van der Waals surface area contributed by atoms with Gasteiger partial charge in [-0.3, -0.25) is 0 Å². The molecule has 0 bridgehead atoms. The Bertz CT molecular complexity index is 383. The van der Waals surface area contributed by atoms with E-state index in [1.54, 1.807) is 4.88 Å². The Labute approximate surface area is 84.6 Å². The number of hydrogen-bond donors (Lipinski definition) is 0. The van der Waals surface area contributed by atoms with Crippen LogP contribution in [-0.2, 0) is 6.42 Å². The van der Waals surface area contributed by atoms with Gasteiger partial charge in [-0.05, 0) is 24.1 Å². The van der Waals surface area contributed by atoms with E-state index in [9.17, 15) is 0 Å². The zero-order valence-corrected chi connectivity index (χ0v) is 9.54. The maximum Gasteiger partial charge on any atom is 0.0879 e. The highest BCUT2D eigenvalue weighted by Gasteiger charge is 2.09. The van der Waals surface area contributed by atoms with Gasteiger partial charge in [-0.2, -0.15) is 0 Å². The van der Waals surface area contributed by atoms with Crippen LogP contribution in [0.5, 0.6) is 0 Å². The molecule has 2 heterocycles. The molecule has 0 saturated heterocycles. The summed E-state index contributed by atoms with van der Waals surface area (Å²) >= 11 is 5.69. The highest BCUT2D eigenvalue weighted by molar-refractivity contribution is 7.99. The summed E-state index contributed by atoms with van der Waals surface area (Å²) in [6, 6.07) is 2.24. The Morgan fingerprint density at radius 1 is 1.50 bits per heavy atom. The molecule has 0 aromatic carbocycles. The molecule has 12 heavy (non-hydrogen) atoms. The number of aryl methyl sites for hydroxylation is 1. The Morgan fingerprint density at radius 2 is 2.33 bits per heavy atom. The Hall–Kier alpha value is 0.01000. The first-order valence-corrected chi connectivity index (χ1v) is 6.81. The molecule has 0 amide bonds. The second kappa shape index (κ2) is 3.40. The van der Waals surface area contributed by atoms with Gasteiger partial charge in [-0.1, -0.05) is 6.92 Å². The fourth-order valence-corrected chi connectivity index (χ4v) is 4.71. The minimum Gasteiger partial charge on any atom is -0.133 e. The summed E-state index contributed by atoms with van der Waals surface area (Å²) in [4.78, 5) is 3.04.